The molecule has 5 aromatic carbocycles. The summed E-state index contributed by atoms with van der Waals surface area (Å²) in [7, 11) is 0. The second-order valence-corrected chi connectivity index (χ2v) is 10.4. The number of para-hydroxylation sites is 1. The zero-order valence-corrected chi connectivity index (χ0v) is 22.3. The smallest absolute Gasteiger partial charge is 0.325 e. The van der Waals surface area contributed by atoms with Gasteiger partial charge in [0.1, 0.15) is 18.2 Å². The third-order valence-electron chi connectivity index (χ3n) is 6.67. The summed E-state index contributed by atoms with van der Waals surface area (Å²) in [5.74, 6) is -2.63. The number of hydrogen-bond donors (Lipinski definition) is 0. The molecule has 0 fully saturated rings. The van der Waals surface area contributed by atoms with Crippen molar-refractivity contribution in [2.75, 3.05) is 0 Å². The number of hydrogen-bond acceptors (Lipinski definition) is 6. The van der Waals surface area contributed by atoms with Crippen molar-refractivity contribution < 1.29 is 19.1 Å². The Morgan fingerprint density at radius 1 is 0.650 bits per heavy atom. The lowest BCUT2D eigenvalue weighted by Gasteiger charge is -2.19. The highest BCUT2D eigenvalue weighted by Crippen LogP contribution is 2.38. The summed E-state index contributed by atoms with van der Waals surface area (Å²) >= 11 is 1.52. The molecule has 0 bridgehead atoms. The Labute approximate surface area is 235 Å². The molecule has 0 aliphatic rings. The first-order chi connectivity index (χ1) is 19.7. The maximum absolute atomic E-state index is 13.7. The Kier molecular flexibility index (Phi) is 7.33. The van der Waals surface area contributed by atoms with Gasteiger partial charge in [-0.25, -0.2) is 4.98 Å². The van der Waals surface area contributed by atoms with Crippen LogP contribution < -0.4 is 0 Å². The minimum Gasteiger partial charge on any atom is -0.460 e. The van der Waals surface area contributed by atoms with Gasteiger partial charge in [0.15, 0.2) is 5.92 Å². The van der Waals surface area contributed by atoms with Crippen LogP contribution in [0.1, 0.15) is 22.6 Å². The molecule has 0 amide bonds. The van der Waals surface area contributed by atoms with Crippen molar-refractivity contribution in [2.45, 2.75) is 19.1 Å². The molecule has 0 aliphatic heterocycles. The second-order valence-electron chi connectivity index (χ2n) is 9.39. The number of carbonyl (C=O) groups excluding carboxylic acids is 2. The molecule has 1 heterocycles. The summed E-state index contributed by atoms with van der Waals surface area (Å²) in [6.07, 6.45) is 0. The standard InChI is InChI=1S/C34H25NO4S/c36-33(38-21-23-11-3-1-4-12-23)31(34(37)39-22-24-13-5-2-6-14-24)27-19-25-15-7-8-16-26(25)20-28(27)32-35-29-17-9-10-18-30(29)40-32/h1-20,31H,21-22H2. The molecule has 0 atom stereocenters. The average molecular weight is 544 g/mol. The maximum atomic E-state index is 13.7. The van der Waals surface area contributed by atoms with Crippen LogP contribution in [0.25, 0.3) is 31.6 Å². The number of fused-ring (bicyclic) bond motifs is 2. The highest BCUT2D eigenvalue weighted by Gasteiger charge is 2.35. The molecule has 6 aromatic rings. The van der Waals surface area contributed by atoms with E-state index in [0.29, 0.717) is 11.1 Å². The normalized spacial score (nSPS) is 11.1. The van der Waals surface area contributed by atoms with Gasteiger partial charge in [0.25, 0.3) is 0 Å². The quantitative estimate of drug-likeness (QED) is 0.145. The van der Waals surface area contributed by atoms with Crippen LogP contribution in [-0.4, -0.2) is 16.9 Å². The summed E-state index contributed by atoms with van der Waals surface area (Å²) in [6, 6.07) is 38.4. The maximum Gasteiger partial charge on any atom is 0.325 e. The van der Waals surface area contributed by atoms with Crippen LogP contribution in [0.5, 0.6) is 0 Å². The number of nitrogens with zero attached hydrogens (tertiary/aromatic N) is 1. The van der Waals surface area contributed by atoms with Crippen molar-refractivity contribution in [1.29, 1.82) is 0 Å². The number of aromatic nitrogens is 1. The van der Waals surface area contributed by atoms with Gasteiger partial charge >= 0.3 is 11.9 Å². The van der Waals surface area contributed by atoms with Crippen molar-refractivity contribution >= 4 is 44.3 Å². The molecule has 0 spiro atoms. The SMILES string of the molecule is O=C(OCc1ccccc1)C(C(=O)OCc1ccccc1)c1cc2ccccc2cc1-c1nc2ccccc2s1. The topological polar surface area (TPSA) is 65.5 Å². The molecule has 0 saturated carbocycles. The predicted octanol–water partition coefficient (Wildman–Crippen LogP) is 7.69. The van der Waals surface area contributed by atoms with Crippen molar-refractivity contribution in [3.63, 3.8) is 0 Å². The van der Waals surface area contributed by atoms with E-state index in [2.05, 4.69) is 0 Å². The van der Waals surface area contributed by atoms with Crippen molar-refractivity contribution in [3.8, 4) is 10.6 Å². The molecule has 0 N–H and O–H groups in total. The summed E-state index contributed by atoms with van der Waals surface area (Å²) in [5, 5.41) is 2.60. The van der Waals surface area contributed by atoms with E-state index in [0.717, 1.165) is 37.1 Å². The van der Waals surface area contributed by atoms with Gasteiger partial charge in [-0.2, -0.15) is 0 Å². The van der Waals surface area contributed by atoms with E-state index in [1.54, 1.807) is 0 Å². The molecular formula is C34H25NO4S. The van der Waals surface area contributed by atoms with Gasteiger partial charge in [-0.3, -0.25) is 9.59 Å². The highest BCUT2D eigenvalue weighted by molar-refractivity contribution is 7.21. The van der Waals surface area contributed by atoms with Crippen LogP contribution >= 0.6 is 11.3 Å². The zero-order valence-electron chi connectivity index (χ0n) is 21.5. The van der Waals surface area contributed by atoms with Crippen LogP contribution in [0.15, 0.2) is 121 Å². The van der Waals surface area contributed by atoms with Gasteiger partial charge < -0.3 is 9.47 Å². The number of ether oxygens (including phenoxy) is 2. The van der Waals surface area contributed by atoms with E-state index in [-0.39, 0.29) is 13.2 Å². The molecule has 40 heavy (non-hydrogen) atoms. The number of thiazole rings is 1. The molecule has 196 valence electrons. The Balaban J connectivity index is 1.43. The lowest BCUT2D eigenvalue weighted by atomic mass is 9.91. The molecule has 0 saturated heterocycles. The first-order valence-electron chi connectivity index (χ1n) is 13.0. The fraction of sp³-hybridized carbons (Fsp3) is 0.0882. The summed E-state index contributed by atoms with van der Waals surface area (Å²) in [5.41, 5.74) is 3.73. The zero-order chi connectivity index (χ0) is 27.3. The third-order valence-corrected chi connectivity index (χ3v) is 7.74. The fourth-order valence-corrected chi connectivity index (χ4v) is 5.65. The predicted molar refractivity (Wildman–Crippen MR) is 158 cm³/mol. The van der Waals surface area contributed by atoms with Crippen LogP contribution in [0.2, 0.25) is 0 Å². The summed E-state index contributed by atoms with van der Waals surface area (Å²) in [4.78, 5) is 32.3. The Bertz CT molecular complexity index is 1710. The minimum atomic E-state index is -1.29. The number of esters is 2. The Morgan fingerprint density at radius 2 is 1.18 bits per heavy atom. The average Bonchev–Trinajstić information content (AvgIpc) is 3.44. The highest BCUT2D eigenvalue weighted by atomic mass is 32.1. The molecule has 0 aliphatic carbocycles. The van der Waals surface area contributed by atoms with Gasteiger partial charge in [-0.1, -0.05) is 97.1 Å². The molecule has 0 radical (unpaired) electrons. The van der Waals surface area contributed by atoms with Crippen LogP contribution in [0.4, 0.5) is 0 Å². The molecule has 5 nitrogen and oxygen atoms in total. The number of rotatable bonds is 8. The first kappa shape index (κ1) is 25.5. The van der Waals surface area contributed by atoms with E-state index in [4.69, 9.17) is 14.5 Å². The van der Waals surface area contributed by atoms with E-state index in [1.807, 2.05) is 121 Å². The van der Waals surface area contributed by atoms with Crippen LogP contribution in [-0.2, 0) is 32.3 Å². The molecule has 6 heteroatoms. The lowest BCUT2D eigenvalue weighted by molar-refractivity contribution is -0.159. The van der Waals surface area contributed by atoms with Gasteiger partial charge in [0.05, 0.1) is 10.2 Å². The van der Waals surface area contributed by atoms with E-state index < -0.39 is 17.9 Å². The molecular weight excluding hydrogens is 518 g/mol. The van der Waals surface area contributed by atoms with Crippen molar-refractivity contribution in [1.82, 2.24) is 4.98 Å². The molecule has 0 unspecified atom stereocenters. The van der Waals surface area contributed by atoms with Crippen LogP contribution in [0, 0.1) is 0 Å². The van der Waals surface area contributed by atoms with E-state index >= 15 is 0 Å². The van der Waals surface area contributed by atoms with Gasteiger partial charge in [-0.15, -0.1) is 11.3 Å². The lowest BCUT2D eigenvalue weighted by Crippen LogP contribution is -2.26. The van der Waals surface area contributed by atoms with E-state index in [9.17, 15) is 9.59 Å². The third kappa shape index (κ3) is 5.48. The van der Waals surface area contributed by atoms with Crippen molar-refractivity contribution in [2.24, 2.45) is 0 Å². The summed E-state index contributed by atoms with van der Waals surface area (Å²) < 4.78 is 12.5. The largest absolute Gasteiger partial charge is 0.460 e. The van der Waals surface area contributed by atoms with Gasteiger partial charge in [0.2, 0.25) is 0 Å². The van der Waals surface area contributed by atoms with E-state index in [1.165, 1.54) is 11.3 Å². The van der Waals surface area contributed by atoms with Gasteiger partial charge in [0, 0.05) is 5.56 Å². The van der Waals surface area contributed by atoms with Gasteiger partial charge in [-0.05, 0) is 51.7 Å². The fourth-order valence-electron chi connectivity index (χ4n) is 4.64. The monoisotopic (exact) mass is 543 g/mol. The first-order valence-corrected chi connectivity index (χ1v) is 13.8. The molecule has 1 aromatic heterocycles. The Hall–Kier alpha value is -4.81. The second kappa shape index (κ2) is 11.5. The summed E-state index contributed by atoms with van der Waals surface area (Å²) in [6.45, 7) is 0.0956. The Morgan fingerprint density at radius 3 is 1.77 bits per heavy atom. The number of benzene rings is 5. The number of carbonyl (C=O) groups is 2. The van der Waals surface area contributed by atoms with Crippen LogP contribution in [0.3, 0.4) is 0 Å². The minimum absolute atomic E-state index is 0.0478. The van der Waals surface area contributed by atoms with Crippen molar-refractivity contribution in [3.05, 3.63) is 138 Å². The molecule has 6 rings (SSSR count).